The van der Waals surface area contributed by atoms with Gasteiger partial charge in [0.25, 0.3) is 0 Å². The van der Waals surface area contributed by atoms with E-state index in [2.05, 4.69) is 15.9 Å². The molecule has 0 fully saturated rings. The predicted molar refractivity (Wildman–Crippen MR) is 81.6 cm³/mol. The maximum Gasteiger partial charge on any atom is 0.399 e. The van der Waals surface area contributed by atoms with Crippen LogP contribution in [0.4, 0.5) is 8.78 Å². The van der Waals surface area contributed by atoms with Crippen LogP contribution in [0.5, 0.6) is 0 Å². The van der Waals surface area contributed by atoms with E-state index in [0.717, 1.165) is 11.6 Å². The van der Waals surface area contributed by atoms with Gasteiger partial charge < -0.3 is 9.79 Å². The molecule has 0 saturated carbocycles. The van der Waals surface area contributed by atoms with Gasteiger partial charge in [0.15, 0.2) is 0 Å². The predicted octanol–water partition coefficient (Wildman–Crippen LogP) is 4.41. The number of halogens is 4. The van der Waals surface area contributed by atoms with Crippen molar-refractivity contribution in [2.24, 2.45) is 0 Å². The standard InChI is InChI=1S/C11H13BrF2IO3P/c1-3-6-7(4-2)10(12)8(5-9(6)15)11(13,14)19(16,17)18/h5H,3-4H2,1-2H3,(H2,16,17,18). The van der Waals surface area contributed by atoms with Gasteiger partial charge in [-0.1, -0.05) is 13.8 Å². The molecular weight excluding hydrogens is 456 g/mol. The highest BCUT2D eigenvalue weighted by Gasteiger charge is 2.52. The van der Waals surface area contributed by atoms with Crippen molar-refractivity contribution in [3.63, 3.8) is 0 Å². The van der Waals surface area contributed by atoms with Crippen LogP contribution in [0.25, 0.3) is 0 Å². The highest BCUT2D eigenvalue weighted by atomic mass is 127. The molecule has 1 aromatic rings. The maximum atomic E-state index is 13.9. The van der Waals surface area contributed by atoms with Crippen molar-refractivity contribution in [2.45, 2.75) is 32.4 Å². The van der Waals surface area contributed by atoms with E-state index in [1.165, 1.54) is 0 Å². The minimum Gasteiger partial charge on any atom is -0.320 e. The summed E-state index contributed by atoms with van der Waals surface area (Å²) in [6.07, 6.45) is 1.17. The summed E-state index contributed by atoms with van der Waals surface area (Å²) in [5.41, 5.74) is -3.26. The molecule has 0 spiro atoms. The Morgan fingerprint density at radius 2 is 1.79 bits per heavy atom. The zero-order valence-electron chi connectivity index (χ0n) is 10.3. The second-order valence-electron chi connectivity index (χ2n) is 3.97. The van der Waals surface area contributed by atoms with Crippen LogP contribution in [0.3, 0.4) is 0 Å². The van der Waals surface area contributed by atoms with Gasteiger partial charge in [-0.15, -0.1) is 0 Å². The van der Waals surface area contributed by atoms with Crippen LogP contribution in [-0.2, 0) is 23.1 Å². The average Bonchev–Trinajstić information content (AvgIpc) is 2.29. The van der Waals surface area contributed by atoms with Gasteiger partial charge in [-0.2, -0.15) is 8.78 Å². The quantitative estimate of drug-likeness (QED) is 0.508. The van der Waals surface area contributed by atoms with Crippen LogP contribution in [0.15, 0.2) is 10.5 Å². The minimum absolute atomic E-state index is 0.0839. The monoisotopic (exact) mass is 468 g/mol. The Bertz CT molecular complexity index is 545. The van der Waals surface area contributed by atoms with E-state index in [0.29, 0.717) is 22.0 Å². The number of hydrogen-bond donors (Lipinski definition) is 2. The third kappa shape index (κ3) is 3.20. The molecule has 2 N–H and O–H groups in total. The minimum atomic E-state index is -5.56. The van der Waals surface area contributed by atoms with Crippen LogP contribution in [0.2, 0.25) is 0 Å². The highest BCUT2D eigenvalue weighted by Crippen LogP contribution is 2.61. The molecular formula is C11H13BrF2IO3P. The molecule has 0 aliphatic heterocycles. The third-order valence-corrected chi connectivity index (χ3v) is 5.66. The van der Waals surface area contributed by atoms with Crippen LogP contribution >= 0.6 is 46.1 Å². The van der Waals surface area contributed by atoms with E-state index in [1.807, 2.05) is 36.4 Å². The van der Waals surface area contributed by atoms with Crippen molar-refractivity contribution in [1.82, 2.24) is 0 Å². The number of alkyl halides is 2. The molecule has 0 aromatic heterocycles. The Kier molecular flexibility index (Phi) is 5.57. The van der Waals surface area contributed by atoms with Gasteiger partial charge in [0.05, 0.1) is 0 Å². The molecule has 1 aromatic carbocycles. The van der Waals surface area contributed by atoms with Crippen molar-refractivity contribution in [1.29, 1.82) is 0 Å². The molecule has 0 unspecified atom stereocenters. The molecule has 0 atom stereocenters. The Morgan fingerprint density at radius 3 is 2.16 bits per heavy atom. The molecule has 1 rings (SSSR count). The molecule has 0 bridgehead atoms. The molecule has 8 heteroatoms. The van der Waals surface area contributed by atoms with Gasteiger partial charge in [-0.05, 0) is 68.6 Å². The van der Waals surface area contributed by atoms with Crippen LogP contribution in [-0.4, -0.2) is 9.79 Å². The summed E-state index contributed by atoms with van der Waals surface area (Å²) in [4.78, 5) is 17.7. The van der Waals surface area contributed by atoms with Gasteiger partial charge in [0.1, 0.15) is 0 Å². The van der Waals surface area contributed by atoms with E-state index in [1.54, 1.807) is 0 Å². The fraction of sp³-hybridized carbons (Fsp3) is 0.455. The Hall–Kier alpha value is 0.440. The van der Waals surface area contributed by atoms with Crippen LogP contribution in [0, 0.1) is 3.57 Å². The highest BCUT2D eigenvalue weighted by molar-refractivity contribution is 14.1. The molecule has 0 aliphatic carbocycles. The lowest BCUT2D eigenvalue weighted by Gasteiger charge is -2.22. The summed E-state index contributed by atoms with van der Waals surface area (Å²) in [5.74, 6) is 0. The second-order valence-corrected chi connectivity index (χ2v) is 7.57. The van der Waals surface area contributed by atoms with E-state index < -0.39 is 18.8 Å². The zero-order valence-corrected chi connectivity index (χ0v) is 14.9. The van der Waals surface area contributed by atoms with E-state index in [-0.39, 0.29) is 4.47 Å². The number of hydrogen-bond acceptors (Lipinski definition) is 1. The molecule has 19 heavy (non-hydrogen) atoms. The fourth-order valence-corrected chi connectivity index (χ4v) is 4.39. The Balaban J connectivity index is 3.65. The Labute approximate surface area is 132 Å². The van der Waals surface area contributed by atoms with Crippen molar-refractivity contribution < 1.29 is 23.1 Å². The Morgan fingerprint density at radius 1 is 1.32 bits per heavy atom. The first-order chi connectivity index (χ1) is 8.57. The first kappa shape index (κ1) is 17.5. The lowest BCUT2D eigenvalue weighted by molar-refractivity contribution is 0.0555. The number of rotatable bonds is 4. The van der Waals surface area contributed by atoms with Gasteiger partial charge in [-0.25, -0.2) is 0 Å². The summed E-state index contributed by atoms with van der Waals surface area (Å²) >= 11 is 4.98. The first-order valence-corrected chi connectivity index (χ1v) is 8.99. The van der Waals surface area contributed by atoms with Crippen molar-refractivity contribution in [3.05, 3.63) is 30.8 Å². The van der Waals surface area contributed by atoms with E-state index >= 15 is 0 Å². The SMILES string of the molecule is CCc1c(I)cc(C(F)(F)P(=O)(O)O)c(Br)c1CC. The van der Waals surface area contributed by atoms with Crippen molar-refractivity contribution in [3.8, 4) is 0 Å². The maximum absolute atomic E-state index is 13.9. The summed E-state index contributed by atoms with van der Waals surface area (Å²) in [7, 11) is -5.56. The van der Waals surface area contributed by atoms with Gasteiger partial charge in [-0.3, -0.25) is 4.57 Å². The normalized spacial score (nSPS) is 12.8. The molecule has 0 saturated heterocycles. The molecule has 0 heterocycles. The fourth-order valence-electron chi connectivity index (χ4n) is 1.84. The lowest BCUT2D eigenvalue weighted by Crippen LogP contribution is -2.16. The average molecular weight is 469 g/mol. The zero-order chi connectivity index (χ0) is 15.0. The van der Waals surface area contributed by atoms with Gasteiger partial charge in [0, 0.05) is 13.6 Å². The molecule has 0 amide bonds. The van der Waals surface area contributed by atoms with Crippen molar-refractivity contribution >= 4 is 46.1 Å². The first-order valence-electron chi connectivity index (χ1n) is 5.51. The van der Waals surface area contributed by atoms with Crippen LogP contribution < -0.4 is 0 Å². The lowest BCUT2D eigenvalue weighted by atomic mass is 10.00. The van der Waals surface area contributed by atoms with Crippen molar-refractivity contribution in [2.75, 3.05) is 0 Å². The van der Waals surface area contributed by atoms with E-state index in [9.17, 15) is 13.3 Å². The number of benzene rings is 1. The van der Waals surface area contributed by atoms with Crippen LogP contribution in [0.1, 0.15) is 30.5 Å². The van der Waals surface area contributed by atoms with Gasteiger partial charge >= 0.3 is 13.3 Å². The smallest absolute Gasteiger partial charge is 0.320 e. The molecule has 3 nitrogen and oxygen atoms in total. The largest absolute Gasteiger partial charge is 0.399 e. The molecule has 108 valence electrons. The molecule has 0 aliphatic rings. The topological polar surface area (TPSA) is 57.5 Å². The third-order valence-electron chi connectivity index (χ3n) is 2.82. The van der Waals surface area contributed by atoms with Gasteiger partial charge in [0.2, 0.25) is 0 Å². The molecule has 0 radical (unpaired) electrons. The second kappa shape index (κ2) is 6.05. The summed E-state index contributed by atoms with van der Waals surface area (Å²) in [6.45, 7) is 3.72. The summed E-state index contributed by atoms with van der Waals surface area (Å²) < 4.78 is 39.4. The summed E-state index contributed by atoms with van der Waals surface area (Å²) in [6, 6.07) is 1.14. The van der Waals surface area contributed by atoms with E-state index in [4.69, 9.17) is 9.79 Å². The summed E-state index contributed by atoms with van der Waals surface area (Å²) in [5, 5.41) is 0.